The van der Waals surface area contributed by atoms with Crippen molar-refractivity contribution in [1.82, 2.24) is 15.0 Å². The molecule has 52 heavy (non-hydrogen) atoms. The predicted molar refractivity (Wildman–Crippen MR) is 183 cm³/mol. The van der Waals surface area contributed by atoms with E-state index in [0.717, 1.165) is 5.56 Å². The summed E-state index contributed by atoms with van der Waals surface area (Å²) in [6, 6.07) is 6.26. The Morgan fingerprint density at radius 1 is 0.981 bits per heavy atom. The Morgan fingerprint density at radius 3 is 2.44 bits per heavy atom. The van der Waals surface area contributed by atoms with E-state index >= 15 is 0 Å². The first kappa shape index (κ1) is 38.2. The molecule has 5 fully saturated rings. The standard InChI is InChI=1S/C38H56FN3O10/c1-34(2)50-20-37-31(52-34)15-26(48-21-45-4)16-36(37,44)13-11-27-32(37)30(49-22-46-5)17-35(3)28(12-14-38(27,35)51-23-47-6)33(43)29-19-42(41-40-29)18-24-7-9-25(39)10-8-24/h7-10,19,26-28,30-33,43-44H,11-18,20-23H2,1-6H3/t26-,27?,28+,30+,31+,32?,33?,35+,36-,37+,38-/m0/s1. The number of hydrogen-bond donors (Lipinski definition) is 2. The summed E-state index contributed by atoms with van der Waals surface area (Å²) in [5.74, 6) is -1.78. The number of benzene rings is 1. The van der Waals surface area contributed by atoms with Crippen molar-refractivity contribution in [3.63, 3.8) is 0 Å². The van der Waals surface area contributed by atoms with Crippen LogP contribution >= 0.6 is 0 Å². The molecule has 1 spiro atoms. The van der Waals surface area contributed by atoms with Gasteiger partial charge in [-0.3, -0.25) is 0 Å². The lowest BCUT2D eigenvalue weighted by atomic mass is 9.40. The lowest BCUT2D eigenvalue weighted by Crippen LogP contribution is -2.78. The van der Waals surface area contributed by atoms with E-state index in [0.29, 0.717) is 57.2 Å². The van der Waals surface area contributed by atoms with E-state index < -0.39 is 46.1 Å². The van der Waals surface area contributed by atoms with Crippen molar-refractivity contribution in [2.24, 2.45) is 28.6 Å². The van der Waals surface area contributed by atoms with E-state index in [4.69, 9.17) is 37.9 Å². The topological polar surface area (TPSA) is 145 Å². The van der Waals surface area contributed by atoms with Crippen LogP contribution < -0.4 is 0 Å². The van der Waals surface area contributed by atoms with Gasteiger partial charge in [-0.1, -0.05) is 24.3 Å². The molecule has 4 aliphatic carbocycles. The molecule has 11 atom stereocenters. The van der Waals surface area contributed by atoms with Gasteiger partial charge >= 0.3 is 0 Å². The minimum absolute atomic E-state index is 0.0623. The zero-order chi connectivity index (χ0) is 36.9. The molecular weight excluding hydrogens is 677 g/mol. The monoisotopic (exact) mass is 733 g/mol. The number of ether oxygens (including phenoxy) is 8. The van der Waals surface area contributed by atoms with Crippen LogP contribution in [-0.4, -0.2) is 109 Å². The summed E-state index contributed by atoms with van der Waals surface area (Å²) in [6.45, 7) is 6.97. The highest BCUT2D eigenvalue weighted by molar-refractivity contribution is 5.27. The number of aromatic nitrogens is 3. The Morgan fingerprint density at radius 2 is 1.71 bits per heavy atom. The second kappa shape index (κ2) is 14.5. The average molecular weight is 734 g/mol. The van der Waals surface area contributed by atoms with Crippen molar-refractivity contribution < 1.29 is 52.5 Å². The maximum absolute atomic E-state index is 13.5. The molecule has 5 aliphatic rings. The third-order valence-electron chi connectivity index (χ3n) is 13.5. The van der Waals surface area contributed by atoms with Crippen molar-refractivity contribution >= 4 is 0 Å². The van der Waals surface area contributed by atoms with Gasteiger partial charge in [-0.25, -0.2) is 9.07 Å². The summed E-state index contributed by atoms with van der Waals surface area (Å²) in [4.78, 5) is 0. The van der Waals surface area contributed by atoms with Gasteiger partial charge in [0, 0.05) is 45.5 Å². The molecule has 14 heteroatoms. The Hall–Kier alpha value is -2.11. The number of hydrogen-bond acceptors (Lipinski definition) is 12. The van der Waals surface area contributed by atoms with Gasteiger partial charge in [0.15, 0.2) is 5.79 Å². The zero-order valence-electron chi connectivity index (χ0n) is 31.3. The molecule has 0 amide bonds. The molecule has 0 bridgehead atoms. The van der Waals surface area contributed by atoms with Crippen LogP contribution in [0.1, 0.15) is 83.1 Å². The fourth-order valence-electron chi connectivity index (χ4n) is 11.4. The van der Waals surface area contributed by atoms with Gasteiger partial charge in [-0.05, 0) is 75.5 Å². The predicted octanol–water partition coefficient (Wildman–Crippen LogP) is 4.35. The van der Waals surface area contributed by atoms with Gasteiger partial charge in [-0.2, -0.15) is 0 Å². The molecule has 0 radical (unpaired) electrons. The van der Waals surface area contributed by atoms with Gasteiger partial charge in [0.2, 0.25) is 0 Å². The molecule has 1 aliphatic heterocycles. The van der Waals surface area contributed by atoms with Crippen LogP contribution in [0.25, 0.3) is 0 Å². The summed E-state index contributed by atoms with van der Waals surface area (Å²) in [5, 5.41) is 33.9. The molecule has 7 rings (SSSR count). The SMILES string of the molecule is COCO[C@H]1C[C@H]2OC(C)(C)OC[C@]23C2C(CC[C@]3(O)C1)[C@@]1(OCOC)CC[C@H](C(O)c3cn(Cc4ccc(F)cc4)nn3)[C@@]1(C)C[C@H]2OCOC. The largest absolute Gasteiger partial charge is 0.389 e. The smallest absolute Gasteiger partial charge is 0.163 e. The van der Waals surface area contributed by atoms with E-state index in [1.54, 1.807) is 44.3 Å². The van der Waals surface area contributed by atoms with E-state index in [9.17, 15) is 14.6 Å². The number of rotatable bonds is 13. The lowest BCUT2D eigenvalue weighted by Gasteiger charge is -2.71. The molecule has 1 aromatic heterocycles. The average Bonchev–Trinajstić information content (AvgIpc) is 3.70. The van der Waals surface area contributed by atoms with E-state index in [-0.39, 0.29) is 56.7 Å². The van der Waals surface area contributed by atoms with E-state index in [1.165, 1.54) is 12.1 Å². The van der Waals surface area contributed by atoms with Crippen LogP contribution in [0.2, 0.25) is 0 Å². The molecule has 2 heterocycles. The summed E-state index contributed by atoms with van der Waals surface area (Å²) < 4.78 is 64.7. The van der Waals surface area contributed by atoms with Crippen LogP contribution in [0.5, 0.6) is 0 Å². The fraction of sp³-hybridized carbons (Fsp3) is 0.789. The van der Waals surface area contributed by atoms with E-state index in [2.05, 4.69) is 17.2 Å². The number of methoxy groups -OCH3 is 3. The van der Waals surface area contributed by atoms with E-state index in [1.807, 2.05) is 13.8 Å². The highest BCUT2D eigenvalue weighted by Gasteiger charge is 2.78. The van der Waals surface area contributed by atoms with Gasteiger partial charge in [0.1, 0.15) is 38.0 Å². The van der Waals surface area contributed by atoms with Crippen LogP contribution in [-0.2, 0) is 44.4 Å². The summed E-state index contributed by atoms with van der Waals surface area (Å²) in [5.41, 5.74) is -2.04. The third kappa shape index (κ3) is 6.24. The molecule has 1 aromatic carbocycles. The van der Waals surface area contributed by atoms with Crippen LogP contribution in [0.15, 0.2) is 30.5 Å². The highest BCUT2D eigenvalue weighted by atomic mass is 19.1. The molecule has 3 unspecified atom stereocenters. The summed E-state index contributed by atoms with van der Waals surface area (Å²) in [7, 11) is 4.83. The number of halogens is 1. The minimum atomic E-state index is -1.18. The summed E-state index contributed by atoms with van der Waals surface area (Å²) in [6.07, 6.45) is 3.74. The van der Waals surface area contributed by atoms with Crippen LogP contribution in [0.3, 0.4) is 0 Å². The molecule has 2 aromatic rings. The van der Waals surface area contributed by atoms with Gasteiger partial charge in [0.25, 0.3) is 0 Å². The van der Waals surface area contributed by atoms with Crippen LogP contribution in [0, 0.1) is 34.4 Å². The fourth-order valence-corrected chi connectivity index (χ4v) is 11.4. The Balaban J connectivity index is 1.27. The molecule has 290 valence electrons. The first-order chi connectivity index (χ1) is 24.8. The highest BCUT2D eigenvalue weighted by Crippen LogP contribution is 2.73. The molecule has 13 nitrogen and oxygen atoms in total. The summed E-state index contributed by atoms with van der Waals surface area (Å²) >= 11 is 0. The van der Waals surface area contributed by atoms with Gasteiger partial charge < -0.3 is 48.1 Å². The zero-order valence-corrected chi connectivity index (χ0v) is 31.3. The molecule has 2 N–H and O–H groups in total. The first-order valence-corrected chi connectivity index (χ1v) is 18.6. The second-order valence-electron chi connectivity index (χ2n) is 16.4. The maximum atomic E-state index is 13.5. The first-order valence-electron chi connectivity index (χ1n) is 18.6. The number of nitrogens with zero attached hydrogens (tertiary/aromatic N) is 3. The molecule has 1 saturated heterocycles. The van der Waals surface area contributed by atoms with Crippen molar-refractivity contribution in [1.29, 1.82) is 0 Å². The maximum Gasteiger partial charge on any atom is 0.163 e. The lowest BCUT2D eigenvalue weighted by molar-refractivity contribution is -0.409. The minimum Gasteiger partial charge on any atom is -0.389 e. The van der Waals surface area contributed by atoms with Gasteiger partial charge in [0.05, 0.1) is 54.3 Å². The normalized spacial score (nSPS) is 40.0. The third-order valence-corrected chi connectivity index (χ3v) is 13.5. The molecule has 4 saturated carbocycles. The van der Waals surface area contributed by atoms with Crippen LogP contribution in [0.4, 0.5) is 4.39 Å². The van der Waals surface area contributed by atoms with Gasteiger partial charge in [-0.15, -0.1) is 5.10 Å². The number of aliphatic hydroxyl groups excluding tert-OH is 1. The quantitative estimate of drug-likeness (QED) is 0.283. The van der Waals surface area contributed by atoms with Crippen molar-refractivity contribution in [3.8, 4) is 0 Å². The molecular formula is C38H56FN3O10. The second-order valence-corrected chi connectivity index (χ2v) is 16.4. The Bertz CT molecular complexity index is 1530. The van der Waals surface area contributed by atoms with Crippen molar-refractivity contribution in [2.75, 3.05) is 48.3 Å². The Kier molecular flexibility index (Phi) is 10.7. The Labute approximate surface area is 305 Å². The number of fused-ring (bicyclic) bond motifs is 3. The number of aliphatic hydroxyl groups is 2. The van der Waals surface area contributed by atoms with Crippen molar-refractivity contribution in [2.45, 2.75) is 114 Å². The van der Waals surface area contributed by atoms with Crippen molar-refractivity contribution in [3.05, 3.63) is 47.5 Å².